The minimum atomic E-state index is -0.0889. The second-order valence-corrected chi connectivity index (χ2v) is 10.1. The van der Waals surface area contributed by atoms with Crippen LogP contribution in [0.1, 0.15) is 49.5 Å². The molecule has 1 spiro atoms. The summed E-state index contributed by atoms with van der Waals surface area (Å²) in [6.07, 6.45) is 9.44. The van der Waals surface area contributed by atoms with Crippen LogP contribution in [-0.2, 0) is 5.54 Å². The van der Waals surface area contributed by atoms with Crippen LogP contribution in [0.3, 0.4) is 0 Å². The van der Waals surface area contributed by atoms with Gasteiger partial charge >= 0.3 is 0 Å². The zero-order valence-electron chi connectivity index (χ0n) is 19.9. The van der Waals surface area contributed by atoms with Crippen LogP contribution in [0.2, 0.25) is 0 Å². The number of nitrogens with one attached hydrogen (secondary N) is 2. The summed E-state index contributed by atoms with van der Waals surface area (Å²) in [6.45, 7) is 5.98. The number of carbonyl (C=O) groups excluding carboxylic acids is 1. The number of hydrogen-bond acceptors (Lipinski definition) is 7. The quantitative estimate of drug-likeness (QED) is 0.621. The second-order valence-electron chi connectivity index (χ2n) is 10.1. The first-order chi connectivity index (χ1) is 16.5. The first-order valence-corrected chi connectivity index (χ1v) is 12.4. The third kappa shape index (κ3) is 3.58. The molecule has 2 fully saturated rings. The molecule has 3 aromatic heterocycles. The fourth-order valence-electron chi connectivity index (χ4n) is 5.77. The molecule has 6 rings (SSSR count). The molecule has 9 heteroatoms. The molecule has 0 radical (unpaired) electrons. The van der Waals surface area contributed by atoms with Gasteiger partial charge in [0.2, 0.25) is 5.95 Å². The lowest BCUT2D eigenvalue weighted by Gasteiger charge is -2.42. The Kier molecular flexibility index (Phi) is 5.17. The van der Waals surface area contributed by atoms with E-state index in [2.05, 4.69) is 55.0 Å². The Bertz CT molecular complexity index is 1210. The van der Waals surface area contributed by atoms with E-state index in [0.717, 1.165) is 49.2 Å². The SMILES string of the molecule is CC1CN(c2ccc(Nc3ncc4cc5n(c4n3)C3(CCCCC3)CNC5=O)nc2)CCN1C. The topological polar surface area (TPSA) is 91.2 Å². The van der Waals surface area contributed by atoms with Gasteiger partial charge in [-0.05, 0) is 45.0 Å². The van der Waals surface area contributed by atoms with Gasteiger partial charge in [0.05, 0.1) is 17.4 Å². The van der Waals surface area contributed by atoms with Gasteiger partial charge < -0.3 is 25.0 Å². The molecule has 1 unspecified atom stereocenters. The molecule has 0 bridgehead atoms. The molecule has 1 amide bonds. The van der Waals surface area contributed by atoms with E-state index in [9.17, 15) is 4.79 Å². The van der Waals surface area contributed by atoms with E-state index >= 15 is 0 Å². The lowest BCUT2D eigenvalue weighted by molar-refractivity contribution is 0.0833. The lowest BCUT2D eigenvalue weighted by atomic mass is 9.80. The normalized spacial score (nSPS) is 22.6. The predicted octanol–water partition coefficient (Wildman–Crippen LogP) is 3.11. The third-order valence-electron chi connectivity index (χ3n) is 7.92. The summed E-state index contributed by atoms with van der Waals surface area (Å²) in [5, 5.41) is 7.28. The van der Waals surface area contributed by atoms with Gasteiger partial charge in [-0.2, -0.15) is 4.98 Å². The van der Waals surface area contributed by atoms with E-state index in [-0.39, 0.29) is 11.4 Å². The second kappa shape index (κ2) is 8.23. The molecular formula is C25H32N8O. The van der Waals surface area contributed by atoms with E-state index in [0.29, 0.717) is 30.0 Å². The van der Waals surface area contributed by atoms with E-state index in [1.54, 1.807) is 6.20 Å². The molecule has 2 aliphatic heterocycles. The molecule has 2 N–H and O–H groups in total. The van der Waals surface area contributed by atoms with E-state index < -0.39 is 0 Å². The van der Waals surface area contributed by atoms with Crippen molar-refractivity contribution < 1.29 is 4.79 Å². The predicted molar refractivity (Wildman–Crippen MR) is 133 cm³/mol. The number of nitrogens with zero attached hydrogens (tertiary/aromatic N) is 6. The van der Waals surface area contributed by atoms with Crippen LogP contribution in [0.25, 0.3) is 11.0 Å². The molecule has 178 valence electrons. The van der Waals surface area contributed by atoms with Crippen LogP contribution < -0.4 is 15.5 Å². The Morgan fingerprint density at radius 1 is 1.12 bits per heavy atom. The van der Waals surface area contributed by atoms with Crippen molar-refractivity contribution in [2.75, 3.05) is 43.4 Å². The van der Waals surface area contributed by atoms with Gasteiger partial charge in [-0.25, -0.2) is 9.97 Å². The first kappa shape index (κ1) is 21.3. The third-order valence-corrected chi connectivity index (χ3v) is 7.92. The van der Waals surface area contributed by atoms with Crippen molar-refractivity contribution in [2.24, 2.45) is 0 Å². The number of anilines is 3. The summed E-state index contributed by atoms with van der Waals surface area (Å²) >= 11 is 0. The number of amides is 1. The number of aromatic nitrogens is 4. The summed E-state index contributed by atoms with van der Waals surface area (Å²) in [7, 11) is 2.18. The largest absolute Gasteiger partial charge is 0.367 e. The molecule has 3 aromatic rings. The fraction of sp³-hybridized carbons (Fsp3) is 0.520. The molecule has 1 saturated heterocycles. The average Bonchev–Trinajstić information content (AvgIpc) is 3.25. The summed E-state index contributed by atoms with van der Waals surface area (Å²) in [5.41, 5.74) is 2.56. The van der Waals surface area contributed by atoms with Crippen LogP contribution >= 0.6 is 0 Å². The van der Waals surface area contributed by atoms with Gasteiger partial charge in [0.25, 0.3) is 5.91 Å². The maximum absolute atomic E-state index is 12.6. The molecule has 9 nitrogen and oxygen atoms in total. The van der Waals surface area contributed by atoms with Crippen molar-refractivity contribution in [3.05, 3.63) is 36.3 Å². The van der Waals surface area contributed by atoms with Crippen molar-refractivity contribution in [1.29, 1.82) is 0 Å². The first-order valence-electron chi connectivity index (χ1n) is 12.4. The zero-order chi connectivity index (χ0) is 23.3. The van der Waals surface area contributed by atoms with Crippen LogP contribution in [0.15, 0.2) is 30.6 Å². The van der Waals surface area contributed by atoms with Crippen LogP contribution in [0, 0.1) is 0 Å². The number of rotatable bonds is 3. The molecule has 1 aliphatic carbocycles. The minimum Gasteiger partial charge on any atom is -0.367 e. The van der Waals surface area contributed by atoms with Crippen molar-refractivity contribution in [3.63, 3.8) is 0 Å². The van der Waals surface area contributed by atoms with Crippen LogP contribution in [0.5, 0.6) is 0 Å². The van der Waals surface area contributed by atoms with Crippen molar-refractivity contribution in [2.45, 2.75) is 50.6 Å². The average molecular weight is 461 g/mol. The highest BCUT2D eigenvalue weighted by Crippen LogP contribution is 2.40. The van der Waals surface area contributed by atoms with Gasteiger partial charge in [0.15, 0.2) is 0 Å². The number of likely N-dealkylation sites (N-methyl/N-ethyl adjacent to an activating group) is 1. The number of pyridine rings is 1. The molecule has 34 heavy (non-hydrogen) atoms. The molecule has 3 aliphatic rings. The highest BCUT2D eigenvalue weighted by atomic mass is 16.2. The van der Waals surface area contributed by atoms with Gasteiger partial charge in [-0.15, -0.1) is 0 Å². The molecule has 5 heterocycles. The lowest BCUT2D eigenvalue weighted by Crippen LogP contribution is -2.52. The van der Waals surface area contributed by atoms with Crippen molar-refractivity contribution in [3.8, 4) is 0 Å². The Hall–Kier alpha value is -3.20. The van der Waals surface area contributed by atoms with E-state index in [1.807, 2.05) is 18.3 Å². The number of fused-ring (bicyclic) bond motifs is 4. The summed E-state index contributed by atoms with van der Waals surface area (Å²) < 4.78 is 2.19. The highest BCUT2D eigenvalue weighted by molar-refractivity contribution is 5.99. The van der Waals surface area contributed by atoms with E-state index in [1.165, 1.54) is 19.3 Å². The maximum atomic E-state index is 12.6. The van der Waals surface area contributed by atoms with Crippen molar-refractivity contribution in [1.82, 2.24) is 29.7 Å². The summed E-state index contributed by atoms with van der Waals surface area (Å²) in [4.78, 5) is 31.4. The van der Waals surface area contributed by atoms with Gasteiger partial charge in [-0.1, -0.05) is 19.3 Å². The molecule has 1 atom stereocenters. The summed E-state index contributed by atoms with van der Waals surface area (Å²) in [6, 6.07) is 6.53. The Morgan fingerprint density at radius 2 is 1.97 bits per heavy atom. The maximum Gasteiger partial charge on any atom is 0.268 e. The smallest absolute Gasteiger partial charge is 0.268 e. The van der Waals surface area contributed by atoms with Gasteiger partial charge in [0.1, 0.15) is 17.2 Å². The number of piperazine rings is 1. The number of hydrogen-bond donors (Lipinski definition) is 2. The molecule has 0 aromatic carbocycles. The zero-order valence-corrected chi connectivity index (χ0v) is 19.9. The minimum absolute atomic E-state index is 0.0285. The Labute approximate surface area is 199 Å². The van der Waals surface area contributed by atoms with Gasteiger partial charge in [0, 0.05) is 43.8 Å². The summed E-state index contributed by atoms with van der Waals surface area (Å²) in [5.74, 6) is 1.18. The standard InChI is InChI=1S/C25H32N8O/c1-17-15-32(11-10-31(17)2)19-6-7-21(26-14-19)29-24-27-13-18-12-20-23(34)28-16-25(8-4-3-5-9-25)33(20)22(18)30-24/h6-7,12-14,17H,3-5,8-11,15-16H2,1-2H3,(H,28,34)(H,26,27,29,30). The van der Waals surface area contributed by atoms with Crippen LogP contribution in [-0.4, -0.2) is 69.6 Å². The highest BCUT2D eigenvalue weighted by Gasteiger charge is 2.41. The molecule has 1 saturated carbocycles. The molecular weight excluding hydrogens is 428 g/mol. The Morgan fingerprint density at radius 3 is 2.74 bits per heavy atom. The van der Waals surface area contributed by atoms with Crippen molar-refractivity contribution >= 4 is 34.4 Å². The monoisotopic (exact) mass is 460 g/mol. The van der Waals surface area contributed by atoms with E-state index in [4.69, 9.17) is 4.98 Å². The Balaban J connectivity index is 1.28. The number of carbonyl (C=O) groups is 1. The van der Waals surface area contributed by atoms with Gasteiger partial charge in [-0.3, -0.25) is 4.79 Å². The van der Waals surface area contributed by atoms with Crippen LogP contribution in [0.4, 0.5) is 17.5 Å². The fourth-order valence-corrected chi connectivity index (χ4v) is 5.77.